The molecule has 0 aliphatic carbocycles. The third kappa shape index (κ3) is 4.94. The molecule has 0 bridgehead atoms. The quantitative estimate of drug-likeness (QED) is 0.177. The van der Waals surface area contributed by atoms with Crippen LogP contribution in [0, 0.1) is 0 Å². The van der Waals surface area contributed by atoms with Gasteiger partial charge in [-0.3, -0.25) is 0 Å². The Kier molecular flexibility index (Phi) is 6.83. The lowest BCUT2D eigenvalue weighted by Gasteiger charge is -2.12. The van der Waals surface area contributed by atoms with Gasteiger partial charge in [0.1, 0.15) is 11.2 Å². The Balaban J connectivity index is 1.08. The number of benzene rings is 8. The molecule has 4 heterocycles. The molecule has 0 N–H and O–H groups in total. The summed E-state index contributed by atoms with van der Waals surface area (Å²) in [7, 11) is 0. The molecular weight excluding hydrogens is 699 g/mol. The minimum atomic E-state index is 0.601. The molecular formula is C51H31N5O. The summed E-state index contributed by atoms with van der Waals surface area (Å²) in [6.07, 6.45) is 0. The van der Waals surface area contributed by atoms with Crippen LogP contribution in [-0.2, 0) is 0 Å². The fourth-order valence-electron chi connectivity index (χ4n) is 8.56. The highest BCUT2D eigenvalue weighted by atomic mass is 16.3. The molecule has 0 radical (unpaired) electrons. The molecule has 57 heavy (non-hydrogen) atoms. The molecule has 0 spiro atoms. The second-order valence-corrected chi connectivity index (χ2v) is 14.5. The van der Waals surface area contributed by atoms with E-state index in [1.165, 1.54) is 27.1 Å². The summed E-state index contributed by atoms with van der Waals surface area (Å²) in [5, 5.41) is 6.96. The van der Waals surface area contributed by atoms with Crippen molar-refractivity contribution in [2.45, 2.75) is 0 Å². The number of furan rings is 1. The second kappa shape index (κ2) is 12.3. The van der Waals surface area contributed by atoms with Crippen LogP contribution in [0.2, 0.25) is 0 Å². The fraction of sp³-hybridized carbons (Fsp3) is 0. The average molecular weight is 730 g/mol. The Morgan fingerprint density at radius 2 is 0.807 bits per heavy atom. The summed E-state index contributed by atoms with van der Waals surface area (Å²) in [5.74, 6) is 1.82. The van der Waals surface area contributed by atoms with E-state index in [2.05, 4.69) is 137 Å². The van der Waals surface area contributed by atoms with Crippen molar-refractivity contribution >= 4 is 65.6 Å². The van der Waals surface area contributed by atoms with Crippen LogP contribution in [0.25, 0.3) is 111 Å². The van der Waals surface area contributed by atoms with Crippen LogP contribution in [0.4, 0.5) is 0 Å². The van der Waals surface area contributed by atoms with Gasteiger partial charge >= 0.3 is 0 Å². The van der Waals surface area contributed by atoms with Crippen LogP contribution < -0.4 is 0 Å². The summed E-state index contributed by atoms with van der Waals surface area (Å²) in [6, 6.07) is 65.7. The van der Waals surface area contributed by atoms with E-state index >= 15 is 0 Å². The van der Waals surface area contributed by atoms with Gasteiger partial charge in [-0.1, -0.05) is 115 Å². The largest absolute Gasteiger partial charge is 0.456 e. The van der Waals surface area contributed by atoms with Crippen LogP contribution in [0.1, 0.15) is 0 Å². The first-order valence-corrected chi connectivity index (χ1v) is 19.1. The van der Waals surface area contributed by atoms with Gasteiger partial charge in [0.05, 0.1) is 22.1 Å². The van der Waals surface area contributed by atoms with Gasteiger partial charge in [-0.15, -0.1) is 0 Å². The van der Waals surface area contributed by atoms with E-state index in [-0.39, 0.29) is 0 Å². The summed E-state index contributed by atoms with van der Waals surface area (Å²) >= 11 is 0. The second-order valence-electron chi connectivity index (χ2n) is 14.5. The number of rotatable bonds is 5. The molecule has 6 nitrogen and oxygen atoms in total. The SMILES string of the molecule is c1ccc(-c2nc(-c3cccc(-n4c5ccccc5c5cc6c7ccccc7n(-c7ccccc7)c6cc54)c3)nc(-c3ccc4oc5ccccc5c4c3)n2)cc1. The summed E-state index contributed by atoms with van der Waals surface area (Å²) in [5.41, 5.74) is 11.2. The molecule has 6 heteroatoms. The van der Waals surface area contributed by atoms with Gasteiger partial charge in [-0.05, 0) is 72.8 Å². The molecule has 0 saturated carbocycles. The maximum absolute atomic E-state index is 6.15. The smallest absolute Gasteiger partial charge is 0.164 e. The number of aromatic nitrogens is 5. The average Bonchev–Trinajstić information content (AvgIpc) is 3.93. The number of para-hydroxylation sites is 4. The van der Waals surface area contributed by atoms with Gasteiger partial charge in [0.2, 0.25) is 0 Å². The summed E-state index contributed by atoms with van der Waals surface area (Å²) in [4.78, 5) is 15.3. The summed E-state index contributed by atoms with van der Waals surface area (Å²) < 4.78 is 10.9. The molecule has 0 unspecified atom stereocenters. The third-order valence-corrected chi connectivity index (χ3v) is 11.1. The van der Waals surface area contributed by atoms with E-state index in [4.69, 9.17) is 19.4 Å². The Hall–Kier alpha value is -7.83. The molecule has 12 aromatic rings. The lowest BCUT2D eigenvalue weighted by molar-refractivity contribution is 0.669. The first-order valence-electron chi connectivity index (χ1n) is 19.1. The van der Waals surface area contributed by atoms with Crippen molar-refractivity contribution in [3.63, 3.8) is 0 Å². The van der Waals surface area contributed by atoms with E-state index in [0.717, 1.165) is 66.6 Å². The highest BCUT2D eigenvalue weighted by Gasteiger charge is 2.20. The Morgan fingerprint density at radius 3 is 1.51 bits per heavy atom. The molecule has 0 amide bonds. The molecule has 0 atom stereocenters. The minimum Gasteiger partial charge on any atom is -0.456 e. The van der Waals surface area contributed by atoms with Crippen molar-refractivity contribution in [3.8, 4) is 45.5 Å². The molecule has 0 saturated heterocycles. The first-order chi connectivity index (χ1) is 28.2. The highest BCUT2D eigenvalue weighted by molar-refractivity contribution is 6.19. The predicted octanol–water partition coefficient (Wildman–Crippen LogP) is 13.0. The molecule has 0 aliphatic heterocycles. The number of hydrogen-bond acceptors (Lipinski definition) is 4. The summed E-state index contributed by atoms with van der Waals surface area (Å²) in [6.45, 7) is 0. The molecule has 8 aromatic carbocycles. The maximum Gasteiger partial charge on any atom is 0.164 e. The van der Waals surface area contributed by atoms with Gasteiger partial charge in [-0.25, -0.2) is 15.0 Å². The zero-order chi connectivity index (χ0) is 37.5. The van der Waals surface area contributed by atoms with Crippen LogP contribution in [0.3, 0.4) is 0 Å². The highest BCUT2D eigenvalue weighted by Crippen LogP contribution is 2.40. The molecule has 4 aromatic heterocycles. The topological polar surface area (TPSA) is 61.7 Å². The van der Waals surface area contributed by atoms with Crippen LogP contribution in [-0.4, -0.2) is 24.1 Å². The van der Waals surface area contributed by atoms with Gasteiger partial charge < -0.3 is 13.6 Å². The molecule has 0 fully saturated rings. The number of nitrogens with zero attached hydrogens (tertiary/aromatic N) is 5. The molecule has 266 valence electrons. The predicted molar refractivity (Wildman–Crippen MR) is 232 cm³/mol. The van der Waals surface area contributed by atoms with Crippen molar-refractivity contribution in [2.75, 3.05) is 0 Å². The van der Waals surface area contributed by atoms with Crippen LogP contribution in [0.5, 0.6) is 0 Å². The van der Waals surface area contributed by atoms with Crippen molar-refractivity contribution in [3.05, 3.63) is 188 Å². The van der Waals surface area contributed by atoms with E-state index < -0.39 is 0 Å². The van der Waals surface area contributed by atoms with E-state index in [1.54, 1.807) is 0 Å². The molecule has 12 rings (SSSR count). The zero-order valence-corrected chi connectivity index (χ0v) is 30.5. The van der Waals surface area contributed by atoms with Crippen LogP contribution >= 0.6 is 0 Å². The van der Waals surface area contributed by atoms with Crippen molar-refractivity contribution < 1.29 is 4.42 Å². The van der Waals surface area contributed by atoms with Gasteiger partial charge in [0, 0.05) is 60.4 Å². The number of hydrogen-bond donors (Lipinski definition) is 0. The molecule has 0 aliphatic rings. The van der Waals surface area contributed by atoms with Gasteiger partial charge in [0.25, 0.3) is 0 Å². The maximum atomic E-state index is 6.15. The lowest BCUT2D eigenvalue weighted by atomic mass is 10.1. The van der Waals surface area contributed by atoms with E-state index in [0.29, 0.717) is 17.5 Å². The minimum absolute atomic E-state index is 0.601. The van der Waals surface area contributed by atoms with Crippen LogP contribution in [0.15, 0.2) is 192 Å². The van der Waals surface area contributed by atoms with Crippen molar-refractivity contribution in [1.29, 1.82) is 0 Å². The van der Waals surface area contributed by atoms with Gasteiger partial charge in [0.15, 0.2) is 17.5 Å². The normalized spacial score (nSPS) is 11.9. The fourth-order valence-corrected chi connectivity index (χ4v) is 8.56. The zero-order valence-electron chi connectivity index (χ0n) is 30.5. The van der Waals surface area contributed by atoms with Crippen molar-refractivity contribution in [2.24, 2.45) is 0 Å². The Labute approximate surface area is 326 Å². The standard InChI is InChI=1S/C51H31N5O/c1-3-14-32(15-4-1)49-52-50(54-51(53-49)34-26-27-48-42(29-34)39-22-9-12-25-47(39)57-48)33-16-13-19-36(28-33)56-44-24-11-8-21-38(44)41-30-40-37-20-7-10-23-43(37)55(45(40)31-46(41)56)35-17-5-2-6-18-35/h1-31H. The lowest BCUT2D eigenvalue weighted by Crippen LogP contribution is -2.01. The third-order valence-electron chi connectivity index (χ3n) is 11.1. The Bertz CT molecular complexity index is 3520. The van der Waals surface area contributed by atoms with E-state index in [1.807, 2.05) is 60.7 Å². The monoisotopic (exact) mass is 729 g/mol. The van der Waals surface area contributed by atoms with E-state index in [9.17, 15) is 0 Å². The number of fused-ring (bicyclic) bond motifs is 9. The van der Waals surface area contributed by atoms with Gasteiger partial charge in [-0.2, -0.15) is 0 Å². The first kappa shape index (κ1) is 31.5. The van der Waals surface area contributed by atoms with Crippen molar-refractivity contribution in [1.82, 2.24) is 24.1 Å². The Morgan fingerprint density at radius 1 is 0.298 bits per heavy atom.